The molecule has 1 aromatic carbocycles. The molecule has 0 radical (unpaired) electrons. The molecule has 2 atom stereocenters. The summed E-state index contributed by atoms with van der Waals surface area (Å²) in [5, 5.41) is 4.52. The first-order chi connectivity index (χ1) is 8.65. The molecule has 1 aliphatic heterocycles. The largest absolute Gasteiger partial charge is 0.316 e. The number of nitrogens with one attached hydrogen (secondary N) is 1. The Morgan fingerprint density at radius 2 is 2.28 bits per heavy atom. The van der Waals surface area contributed by atoms with Crippen LogP contribution in [0.1, 0.15) is 42.9 Å². The molecule has 0 spiro atoms. The molecule has 1 N–H and O–H groups in total. The van der Waals surface area contributed by atoms with Crippen molar-refractivity contribution >= 4 is 17.7 Å². The fourth-order valence-electron chi connectivity index (χ4n) is 3.57. The van der Waals surface area contributed by atoms with E-state index in [1.165, 1.54) is 17.5 Å². The van der Waals surface area contributed by atoms with E-state index in [2.05, 4.69) is 36.5 Å². The highest BCUT2D eigenvalue weighted by Gasteiger charge is 2.43. The molecule has 1 aliphatic carbocycles. The lowest BCUT2D eigenvalue weighted by molar-refractivity contribution is 0.277. The molecule has 1 nitrogen and oxygen atoms in total. The molecular weight excluding hydrogens is 242 g/mol. The van der Waals surface area contributed by atoms with Gasteiger partial charge in [0.1, 0.15) is 0 Å². The number of benzene rings is 1. The Balaban J connectivity index is 2.10. The lowest BCUT2D eigenvalue weighted by Crippen LogP contribution is -2.30. The van der Waals surface area contributed by atoms with Crippen LogP contribution in [0.2, 0.25) is 5.02 Å². The van der Waals surface area contributed by atoms with Crippen molar-refractivity contribution in [1.82, 2.24) is 5.32 Å². The third-order valence-electron chi connectivity index (χ3n) is 4.70. The van der Waals surface area contributed by atoms with Crippen LogP contribution in [0.4, 0.5) is 0 Å². The fraction of sp³-hybridized carbons (Fsp3) is 0.500. The molecule has 1 saturated heterocycles. The number of allylic oxidation sites excluding steroid dienone is 1. The zero-order valence-electron chi connectivity index (χ0n) is 11.1. The van der Waals surface area contributed by atoms with E-state index >= 15 is 0 Å². The topological polar surface area (TPSA) is 12.0 Å². The van der Waals surface area contributed by atoms with Crippen molar-refractivity contribution in [2.75, 3.05) is 13.1 Å². The minimum atomic E-state index is 0.429. The molecule has 0 bridgehead atoms. The number of fused-ring (bicyclic) bond motifs is 3. The van der Waals surface area contributed by atoms with Crippen molar-refractivity contribution in [3.05, 3.63) is 39.9 Å². The molecule has 1 heterocycles. The van der Waals surface area contributed by atoms with E-state index in [4.69, 9.17) is 11.6 Å². The molecule has 1 aromatic rings. The van der Waals surface area contributed by atoms with E-state index in [1.807, 2.05) is 6.92 Å². The Hall–Kier alpha value is -0.790. The standard InChI is InChI=1S/C16H20ClN/c1-3-4-11-5-6-12-13(15(11)17)7-8-16(2)10-18-9-14(12)16/h3-6,14,18H,7-10H2,1-2H3/b4-3-/t14-,16-/m1/s1. The highest BCUT2D eigenvalue weighted by Crippen LogP contribution is 2.49. The predicted octanol–water partition coefficient (Wildman–Crippen LogP) is 4.01. The molecule has 2 heteroatoms. The van der Waals surface area contributed by atoms with Crippen molar-refractivity contribution < 1.29 is 0 Å². The minimum absolute atomic E-state index is 0.429. The van der Waals surface area contributed by atoms with Crippen molar-refractivity contribution in [3.8, 4) is 0 Å². The Morgan fingerprint density at radius 1 is 1.44 bits per heavy atom. The van der Waals surface area contributed by atoms with E-state index in [9.17, 15) is 0 Å². The van der Waals surface area contributed by atoms with Gasteiger partial charge in [0.25, 0.3) is 0 Å². The predicted molar refractivity (Wildman–Crippen MR) is 78.2 cm³/mol. The Kier molecular flexibility index (Phi) is 2.99. The Labute approximate surface area is 114 Å². The van der Waals surface area contributed by atoms with Crippen molar-refractivity contribution in [1.29, 1.82) is 0 Å². The average molecular weight is 262 g/mol. The van der Waals surface area contributed by atoms with E-state index in [-0.39, 0.29) is 0 Å². The summed E-state index contributed by atoms with van der Waals surface area (Å²) in [6, 6.07) is 4.47. The average Bonchev–Trinajstić information content (AvgIpc) is 2.75. The van der Waals surface area contributed by atoms with Crippen molar-refractivity contribution in [3.63, 3.8) is 0 Å². The summed E-state index contributed by atoms with van der Waals surface area (Å²) < 4.78 is 0. The van der Waals surface area contributed by atoms with Crippen LogP contribution in [0.25, 0.3) is 6.08 Å². The maximum atomic E-state index is 6.57. The number of hydrogen-bond donors (Lipinski definition) is 1. The normalized spacial score (nSPS) is 30.5. The van der Waals surface area contributed by atoms with Crippen LogP contribution >= 0.6 is 11.6 Å². The first kappa shape index (κ1) is 12.3. The summed E-state index contributed by atoms with van der Waals surface area (Å²) >= 11 is 6.57. The maximum absolute atomic E-state index is 6.57. The van der Waals surface area contributed by atoms with Gasteiger partial charge in [-0.3, -0.25) is 0 Å². The van der Waals surface area contributed by atoms with Gasteiger partial charge in [-0.2, -0.15) is 0 Å². The summed E-state index contributed by atoms with van der Waals surface area (Å²) in [4.78, 5) is 0. The van der Waals surface area contributed by atoms with Crippen LogP contribution in [0.15, 0.2) is 18.2 Å². The summed E-state index contributed by atoms with van der Waals surface area (Å²) in [6.07, 6.45) is 6.52. The molecule has 3 rings (SSSR count). The van der Waals surface area contributed by atoms with Gasteiger partial charge in [-0.1, -0.05) is 42.8 Å². The molecule has 0 unspecified atom stereocenters. The second-order valence-corrected chi connectivity index (χ2v) is 6.25. The molecule has 18 heavy (non-hydrogen) atoms. The monoisotopic (exact) mass is 261 g/mol. The minimum Gasteiger partial charge on any atom is -0.316 e. The van der Waals surface area contributed by atoms with Crippen LogP contribution in [0.3, 0.4) is 0 Å². The quantitative estimate of drug-likeness (QED) is 0.805. The van der Waals surface area contributed by atoms with Crippen LogP contribution < -0.4 is 5.32 Å². The van der Waals surface area contributed by atoms with Crippen LogP contribution in [-0.4, -0.2) is 13.1 Å². The summed E-state index contributed by atoms with van der Waals surface area (Å²) in [7, 11) is 0. The zero-order valence-corrected chi connectivity index (χ0v) is 11.8. The zero-order chi connectivity index (χ0) is 12.8. The SMILES string of the molecule is C/C=C\c1ccc2c(c1Cl)CC[C@]1(C)CNC[C@H]21. The van der Waals surface area contributed by atoms with Crippen molar-refractivity contribution in [2.45, 2.75) is 32.6 Å². The van der Waals surface area contributed by atoms with Crippen molar-refractivity contribution in [2.24, 2.45) is 5.41 Å². The van der Waals surface area contributed by atoms with Gasteiger partial charge in [-0.05, 0) is 41.9 Å². The lowest BCUT2D eigenvalue weighted by atomic mass is 9.67. The van der Waals surface area contributed by atoms with Crippen LogP contribution in [0, 0.1) is 5.41 Å². The maximum Gasteiger partial charge on any atom is 0.0513 e. The number of halogens is 1. The summed E-state index contributed by atoms with van der Waals surface area (Å²) in [5.41, 5.74) is 4.45. The number of hydrogen-bond acceptors (Lipinski definition) is 1. The van der Waals surface area contributed by atoms with E-state index in [0.717, 1.165) is 30.1 Å². The molecule has 2 aliphatic rings. The van der Waals surface area contributed by atoms with Crippen LogP contribution in [-0.2, 0) is 6.42 Å². The van der Waals surface area contributed by atoms with Crippen LogP contribution in [0.5, 0.6) is 0 Å². The first-order valence-electron chi connectivity index (χ1n) is 6.80. The molecule has 1 fully saturated rings. The molecule has 96 valence electrons. The Morgan fingerprint density at radius 3 is 3.06 bits per heavy atom. The second-order valence-electron chi connectivity index (χ2n) is 5.87. The van der Waals surface area contributed by atoms with Gasteiger partial charge in [0.2, 0.25) is 0 Å². The lowest BCUT2D eigenvalue weighted by Gasteiger charge is -2.37. The summed E-state index contributed by atoms with van der Waals surface area (Å²) in [6.45, 7) is 6.69. The van der Waals surface area contributed by atoms with E-state index in [1.54, 1.807) is 0 Å². The number of rotatable bonds is 1. The van der Waals surface area contributed by atoms with Gasteiger partial charge in [0.15, 0.2) is 0 Å². The smallest absolute Gasteiger partial charge is 0.0513 e. The third-order valence-corrected chi connectivity index (χ3v) is 5.14. The van der Waals surface area contributed by atoms with Gasteiger partial charge >= 0.3 is 0 Å². The third kappa shape index (κ3) is 1.72. The van der Waals surface area contributed by atoms with E-state index < -0.39 is 0 Å². The van der Waals surface area contributed by atoms with Gasteiger partial charge in [-0.25, -0.2) is 0 Å². The highest BCUT2D eigenvalue weighted by atomic mass is 35.5. The van der Waals surface area contributed by atoms with Gasteiger partial charge < -0.3 is 5.32 Å². The fourth-order valence-corrected chi connectivity index (χ4v) is 3.90. The summed E-state index contributed by atoms with van der Waals surface area (Å²) in [5.74, 6) is 0.637. The molecular formula is C16H20ClN. The van der Waals surface area contributed by atoms with Gasteiger partial charge in [0.05, 0.1) is 5.02 Å². The van der Waals surface area contributed by atoms with Gasteiger partial charge in [0, 0.05) is 19.0 Å². The second kappa shape index (κ2) is 4.40. The van der Waals surface area contributed by atoms with E-state index in [0.29, 0.717) is 11.3 Å². The first-order valence-corrected chi connectivity index (χ1v) is 7.18. The molecule has 0 amide bonds. The molecule has 0 aromatic heterocycles. The Bertz CT molecular complexity index is 506. The van der Waals surface area contributed by atoms with Gasteiger partial charge in [-0.15, -0.1) is 0 Å². The highest BCUT2D eigenvalue weighted by molar-refractivity contribution is 6.33. The molecule has 0 saturated carbocycles.